The number of carbonyl (C=O) groups is 2. The van der Waals surface area contributed by atoms with E-state index >= 15 is 0 Å². The van der Waals surface area contributed by atoms with Crippen LogP contribution in [0.15, 0.2) is 67.3 Å². The molecule has 4 N–H and O–H groups in total. The van der Waals surface area contributed by atoms with Gasteiger partial charge in [0, 0.05) is 18.7 Å². The van der Waals surface area contributed by atoms with E-state index < -0.39 is 17.5 Å². The van der Waals surface area contributed by atoms with E-state index in [9.17, 15) is 9.59 Å². The third kappa shape index (κ3) is 11.5. The van der Waals surface area contributed by atoms with Crippen molar-refractivity contribution < 1.29 is 34.0 Å². The first-order valence-electron chi connectivity index (χ1n) is 15.4. The smallest absolute Gasteiger partial charge is 0.413 e. The minimum Gasteiger partial charge on any atom is -0.488 e. The summed E-state index contributed by atoms with van der Waals surface area (Å²) in [5, 5.41) is 18.8. The molecule has 0 saturated carbocycles. The standard InChI is InChI=1S/C30H35N7O5S.C3H8O2/c1-30(2,3)42-29(39)34-26-25-27(32-18-31-26)37(19-33-25)24-15-14-21(41-24)16-36(4)43-35-28(38)22-12-8-9-13-23(22)40-17-20-10-6-5-7-11-20;1-3(2,4)5/h5-13,18-19,21,24H,14-17H2,1-4H3,(H,35,38)(H,31,32,34,39);4-5H,1-2H3. The van der Waals surface area contributed by atoms with E-state index in [0.29, 0.717) is 35.6 Å². The highest BCUT2D eigenvalue weighted by atomic mass is 32.2. The van der Waals surface area contributed by atoms with E-state index in [1.54, 1.807) is 39.2 Å². The second-order valence-corrected chi connectivity index (χ2v) is 13.6. The van der Waals surface area contributed by atoms with Crippen LogP contribution in [0.2, 0.25) is 0 Å². The summed E-state index contributed by atoms with van der Waals surface area (Å²) in [6.07, 6.45) is 3.62. The topological polar surface area (TPSA) is 173 Å². The molecule has 0 aliphatic carbocycles. The molecule has 1 aliphatic heterocycles. The van der Waals surface area contributed by atoms with Gasteiger partial charge in [0.25, 0.3) is 5.91 Å². The number of imidazole rings is 1. The molecule has 1 saturated heterocycles. The Morgan fingerprint density at radius 3 is 2.42 bits per heavy atom. The molecule has 2 amide bonds. The summed E-state index contributed by atoms with van der Waals surface area (Å²) in [7, 11) is 1.90. The van der Waals surface area contributed by atoms with Crippen LogP contribution in [0.5, 0.6) is 5.75 Å². The van der Waals surface area contributed by atoms with Crippen LogP contribution in [-0.4, -0.2) is 77.1 Å². The molecule has 1 aliphatic rings. The average Bonchev–Trinajstić information content (AvgIpc) is 3.65. The number of ether oxygens (including phenoxy) is 3. The molecule has 1 fully saturated rings. The molecule has 0 spiro atoms. The molecule has 4 aromatic rings. The van der Waals surface area contributed by atoms with Crippen LogP contribution >= 0.6 is 12.1 Å². The van der Waals surface area contributed by atoms with Crippen LogP contribution in [0.3, 0.4) is 0 Å². The summed E-state index contributed by atoms with van der Waals surface area (Å²) in [4.78, 5) is 38.2. The zero-order valence-corrected chi connectivity index (χ0v) is 28.7. The van der Waals surface area contributed by atoms with E-state index in [4.69, 9.17) is 24.4 Å². The summed E-state index contributed by atoms with van der Waals surface area (Å²) < 4.78 is 24.3. The van der Waals surface area contributed by atoms with E-state index in [1.165, 1.54) is 32.3 Å². The van der Waals surface area contributed by atoms with Crippen molar-refractivity contribution in [2.75, 3.05) is 18.9 Å². The van der Waals surface area contributed by atoms with Gasteiger partial charge in [0.05, 0.1) is 18.0 Å². The average molecular weight is 682 g/mol. The maximum Gasteiger partial charge on any atom is 0.413 e. The van der Waals surface area contributed by atoms with Gasteiger partial charge in [-0.05, 0) is 72.2 Å². The quantitative estimate of drug-likeness (QED) is 0.130. The number of benzene rings is 2. The first-order chi connectivity index (χ1) is 22.7. The van der Waals surface area contributed by atoms with E-state index in [0.717, 1.165) is 18.4 Å². The first-order valence-corrected chi connectivity index (χ1v) is 16.2. The monoisotopic (exact) mass is 681 g/mol. The zero-order valence-electron chi connectivity index (χ0n) is 27.9. The van der Waals surface area contributed by atoms with Crippen molar-refractivity contribution in [3.8, 4) is 5.75 Å². The Bertz CT molecular complexity index is 1650. The van der Waals surface area contributed by atoms with Gasteiger partial charge in [0.2, 0.25) is 0 Å². The van der Waals surface area contributed by atoms with Crippen molar-refractivity contribution in [1.29, 1.82) is 0 Å². The normalized spacial score (nSPS) is 16.3. The van der Waals surface area contributed by atoms with E-state index in [-0.39, 0.29) is 24.1 Å². The molecular weight excluding hydrogens is 638 g/mol. The van der Waals surface area contributed by atoms with Gasteiger partial charge in [-0.3, -0.25) is 19.4 Å². The largest absolute Gasteiger partial charge is 0.488 e. The summed E-state index contributed by atoms with van der Waals surface area (Å²) in [6.45, 7) is 8.92. The number of nitrogens with one attached hydrogen (secondary N) is 2. The summed E-state index contributed by atoms with van der Waals surface area (Å²) in [6, 6.07) is 17.0. The first kappa shape index (κ1) is 36.6. The highest BCUT2D eigenvalue weighted by Gasteiger charge is 2.30. The lowest BCUT2D eigenvalue weighted by molar-refractivity contribution is -0.127. The minimum absolute atomic E-state index is 0.0699. The zero-order chi connectivity index (χ0) is 34.9. The van der Waals surface area contributed by atoms with Crippen LogP contribution in [-0.2, 0) is 16.1 Å². The molecule has 3 heterocycles. The Morgan fingerprint density at radius 1 is 1.02 bits per heavy atom. The van der Waals surface area contributed by atoms with Crippen molar-refractivity contribution in [3.63, 3.8) is 0 Å². The molecule has 2 atom stereocenters. The minimum atomic E-state index is -1.50. The molecule has 0 radical (unpaired) electrons. The maximum atomic E-state index is 13.0. The lowest BCUT2D eigenvalue weighted by Crippen LogP contribution is -2.29. The number of rotatable bonds is 10. The molecule has 2 aromatic carbocycles. The Hall–Kier alpha value is -4.28. The Kier molecular flexibility index (Phi) is 12.3. The maximum absolute atomic E-state index is 13.0. The molecule has 5 rings (SSSR count). The molecular formula is C33H43N7O7S. The van der Waals surface area contributed by atoms with Gasteiger partial charge in [-0.2, -0.15) is 0 Å². The fourth-order valence-electron chi connectivity index (χ4n) is 4.59. The number of anilines is 1. The van der Waals surface area contributed by atoms with E-state index in [1.807, 2.05) is 58.4 Å². The van der Waals surface area contributed by atoms with Crippen LogP contribution in [0.1, 0.15) is 69.6 Å². The van der Waals surface area contributed by atoms with Crippen molar-refractivity contribution >= 4 is 41.1 Å². The van der Waals surface area contributed by atoms with Crippen LogP contribution < -0.4 is 14.8 Å². The van der Waals surface area contributed by atoms with Crippen molar-refractivity contribution in [2.45, 2.75) is 77.8 Å². The number of aromatic nitrogens is 4. The molecule has 48 heavy (non-hydrogen) atoms. The van der Waals surface area contributed by atoms with Gasteiger partial charge in [-0.25, -0.2) is 24.1 Å². The van der Waals surface area contributed by atoms with Crippen molar-refractivity contribution in [2.24, 2.45) is 0 Å². The van der Waals surface area contributed by atoms with Crippen molar-refractivity contribution in [1.82, 2.24) is 28.5 Å². The SMILES string of the molecule is CC(C)(O)O.CN(CC1CCC(n2cnc3c(NC(=O)OC(C)(C)C)ncnc32)O1)SNC(=O)c1ccccc1OCc1ccccc1. The molecule has 2 aromatic heterocycles. The fraction of sp³-hybridized carbons (Fsp3) is 0.424. The summed E-state index contributed by atoms with van der Waals surface area (Å²) in [5.74, 6) is -0.951. The Morgan fingerprint density at radius 2 is 1.71 bits per heavy atom. The lowest BCUT2D eigenvalue weighted by atomic mass is 10.2. The molecule has 14 nitrogen and oxygen atoms in total. The number of aliphatic hydroxyl groups is 2. The van der Waals surface area contributed by atoms with Gasteiger partial charge >= 0.3 is 6.09 Å². The van der Waals surface area contributed by atoms with Crippen LogP contribution in [0.25, 0.3) is 11.2 Å². The van der Waals surface area contributed by atoms with Gasteiger partial charge in [0.15, 0.2) is 22.8 Å². The number of hydrogen-bond acceptors (Lipinski definition) is 12. The van der Waals surface area contributed by atoms with Crippen LogP contribution in [0, 0.1) is 0 Å². The number of para-hydroxylation sites is 1. The molecule has 15 heteroatoms. The number of carbonyl (C=O) groups excluding carboxylic acids is 2. The highest BCUT2D eigenvalue weighted by Crippen LogP contribution is 2.32. The van der Waals surface area contributed by atoms with E-state index in [2.05, 4.69) is 25.0 Å². The lowest BCUT2D eigenvalue weighted by Gasteiger charge is -2.21. The summed E-state index contributed by atoms with van der Waals surface area (Å²) >= 11 is 1.21. The predicted molar refractivity (Wildman–Crippen MR) is 182 cm³/mol. The van der Waals surface area contributed by atoms with Gasteiger partial charge in [0.1, 0.15) is 30.5 Å². The third-order valence-electron chi connectivity index (χ3n) is 6.50. The number of amides is 2. The van der Waals surface area contributed by atoms with Crippen molar-refractivity contribution in [3.05, 3.63) is 78.4 Å². The molecule has 2 unspecified atom stereocenters. The van der Waals surface area contributed by atoms with Gasteiger partial charge in [-0.15, -0.1) is 0 Å². The number of likely N-dealkylation sites (N-methyl/N-ethyl adjacent to an activating group) is 1. The Labute approximate surface area is 284 Å². The third-order valence-corrected chi connectivity index (χ3v) is 7.23. The summed E-state index contributed by atoms with van der Waals surface area (Å²) in [5.41, 5.74) is 1.85. The second-order valence-electron chi connectivity index (χ2n) is 12.6. The Balaban J connectivity index is 0.000000968. The van der Waals surface area contributed by atoms with Gasteiger partial charge in [-0.1, -0.05) is 42.5 Å². The second kappa shape index (κ2) is 16.2. The van der Waals surface area contributed by atoms with Crippen LogP contribution in [0.4, 0.5) is 10.6 Å². The number of nitrogens with zero attached hydrogens (tertiary/aromatic N) is 5. The molecule has 0 bridgehead atoms. The number of hydrogen-bond donors (Lipinski definition) is 4. The fourth-order valence-corrected chi connectivity index (χ4v) is 5.18. The molecule has 258 valence electrons. The van der Waals surface area contributed by atoms with Gasteiger partial charge < -0.3 is 24.4 Å². The predicted octanol–water partition coefficient (Wildman–Crippen LogP) is 5.06. The number of fused-ring (bicyclic) bond motifs is 1. The highest BCUT2D eigenvalue weighted by molar-refractivity contribution is 7.95.